The Balaban J connectivity index is 2.60. The number of carbonyl (C=O) groups excluding carboxylic acids is 1. The van der Waals surface area contributed by atoms with Crippen LogP contribution in [-0.2, 0) is 4.79 Å². The van der Waals surface area contributed by atoms with E-state index in [0.717, 1.165) is 19.3 Å². The molecular weight excluding hydrogens is 152 g/mol. The third-order valence-electron chi connectivity index (χ3n) is 2.76. The van der Waals surface area contributed by atoms with Crippen LogP contribution in [0.25, 0.3) is 0 Å². The van der Waals surface area contributed by atoms with E-state index in [1.165, 1.54) is 6.42 Å². The number of primary amides is 1. The van der Waals surface area contributed by atoms with Crippen LogP contribution in [0.1, 0.15) is 25.7 Å². The van der Waals surface area contributed by atoms with Crippen LogP contribution < -0.4 is 5.73 Å². The first kappa shape index (κ1) is 9.52. The summed E-state index contributed by atoms with van der Waals surface area (Å²) in [5.74, 6) is -0.0536. The number of amides is 1. The van der Waals surface area contributed by atoms with E-state index in [9.17, 15) is 4.79 Å². The van der Waals surface area contributed by atoms with E-state index in [1.807, 2.05) is 14.1 Å². The van der Waals surface area contributed by atoms with Crippen LogP contribution in [0.5, 0.6) is 0 Å². The summed E-state index contributed by atoms with van der Waals surface area (Å²) in [6, 6.07) is 0.372. The average molecular weight is 170 g/mol. The Morgan fingerprint density at radius 3 is 2.33 bits per heavy atom. The Kier molecular flexibility index (Phi) is 3.09. The molecule has 0 aromatic carbocycles. The number of hydrogen-bond donors (Lipinski definition) is 1. The van der Waals surface area contributed by atoms with Gasteiger partial charge in [-0.2, -0.15) is 0 Å². The normalized spacial score (nSPS) is 30.6. The molecule has 0 unspecified atom stereocenters. The quantitative estimate of drug-likeness (QED) is 0.659. The molecule has 0 heterocycles. The van der Waals surface area contributed by atoms with Gasteiger partial charge in [0.2, 0.25) is 5.91 Å². The molecule has 1 amide bonds. The summed E-state index contributed by atoms with van der Waals surface area (Å²) in [4.78, 5) is 13.2. The molecule has 3 heteroatoms. The molecule has 0 aromatic rings. The highest BCUT2D eigenvalue weighted by atomic mass is 16.1. The molecule has 1 aliphatic rings. The van der Waals surface area contributed by atoms with Gasteiger partial charge in [-0.05, 0) is 26.9 Å². The maximum Gasteiger partial charge on any atom is 0.222 e. The lowest BCUT2D eigenvalue weighted by Crippen LogP contribution is -2.43. The fourth-order valence-corrected chi connectivity index (χ4v) is 2.06. The molecule has 1 rings (SSSR count). The van der Waals surface area contributed by atoms with Gasteiger partial charge >= 0.3 is 0 Å². The molecule has 12 heavy (non-hydrogen) atoms. The standard InChI is InChI=1S/C9H18N2O/c1-11(2)8-6-4-3-5-7(8)9(10)12/h7-8H,3-6H2,1-2H3,(H2,10,12)/t7-,8+/m1/s1. The van der Waals surface area contributed by atoms with Gasteiger partial charge in [-0.25, -0.2) is 0 Å². The van der Waals surface area contributed by atoms with Crippen LogP contribution in [0.3, 0.4) is 0 Å². The number of rotatable bonds is 2. The molecule has 0 saturated heterocycles. The van der Waals surface area contributed by atoms with Gasteiger partial charge < -0.3 is 10.6 Å². The van der Waals surface area contributed by atoms with E-state index in [-0.39, 0.29) is 11.8 Å². The van der Waals surface area contributed by atoms with Crippen LogP contribution in [0, 0.1) is 5.92 Å². The Bertz CT molecular complexity index is 168. The molecule has 0 bridgehead atoms. The summed E-state index contributed by atoms with van der Waals surface area (Å²) < 4.78 is 0. The molecule has 70 valence electrons. The smallest absolute Gasteiger partial charge is 0.222 e. The number of hydrogen-bond acceptors (Lipinski definition) is 2. The fourth-order valence-electron chi connectivity index (χ4n) is 2.06. The number of carbonyl (C=O) groups is 1. The summed E-state index contributed by atoms with van der Waals surface area (Å²) in [7, 11) is 4.04. The van der Waals surface area contributed by atoms with Gasteiger partial charge in [-0.15, -0.1) is 0 Å². The van der Waals surface area contributed by atoms with Gasteiger partial charge in [-0.3, -0.25) is 4.79 Å². The zero-order chi connectivity index (χ0) is 9.14. The van der Waals surface area contributed by atoms with Crippen molar-refractivity contribution in [2.24, 2.45) is 11.7 Å². The summed E-state index contributed by atoms with van der Waals surface area (Å²) in [5, 5.41) is 0. The third-order valence-corrected chi connectivity index (χ3v) is 2.76. The first-order chi connectivity index (χ1) is 5.63. The van der Waals surface area contributed by atoms with Gasteiger partial charge in [-0.1, -0.05) is 12.8 Å². The molecule has 3 nitrogen and oxygen atoms in total. The van der Waals surface area contributed by atoms with Gasteiger partial charge in [0.25, 0.3) is 0 Å². The van der Waals surface area contributed by atoms with Crippen molar-refractivity contribution in [2.75, 3.05) is 14.1 Å². The largest absolute Gasteiger partial charge is 0.369 e. The Hall–Kier alpha value is -0.570. The molecule has 2 atom stereocenters. The lowest BCUT2D eigenvalue weighted by Gasteiger charge is -2.34. The first-order valence-corrected chi connectivity index (χ1v) is 4.58. The average Bonchev–Trinajstić information content (AvgIpc) is 2.04. The minimum Gasteiger partial charge on any atom is -0.369 e. The molecule has 1 aliphatic carbocycles. The highest BCUT2D eigenvalue weighted by Crippen LogP contribution is 2.26. The van der Waals surface area contributed by atoms with Gasteiger partial charge in [0.05, 0.1) is 5.92 Å². The second kappa shape index (κ2) is 3.90. The minimum absolute atomic E-state index is 0.0775. The molecule has 0 radical (unpaired) electrons. The van der Waals surface area contributed by atoms with Crippen molar-refractivity contribution in [3.8, 4) is 0 Å². The monoisotopic (exact) mass is 170 g/mol. The zero-order valence-corrected chi connectivity index (χ0v) is 7.92. The molecule has 0 spiro atoms. The van der Waals surface area contributed by atoms with Crippen molar-refractivity contribution < 1.29 is 4.79 Å². The summed E-state index contributed by atoms with van der Waals surface area (Å²) in [5.41, 5.74) is 5.33. The van der Waals surface area contributed by atoms with Crippen molar-refractivity contribution in [2.45, 2.75) is 31.7 Å². The summed E-state index contributed by atoms with van der Waals surface area (Å²) in [6.45, 7) is 0. The number of nitrogens with zero attached hydrogens (tertiary/aromatic N) is 1. The second-order valence-corrected chi connectivity index (χ2v) is 3.82. The molecule has 1 saturated carbocycles. The van der Waals surface area contributed by atoms with Crippen LogP contribution >= 0.6 is 0 Å². The fraction of sp³-hybridized carbons (Fsp3) is 0.889. The van der Waals surface area contributed by atoms with Crippen molar-refractivity contribution in [3.63, 3.8) is 0 Å². The SMILES string of the molecule is CN(C)[C@H]1CCCC[C@H]1C(N)=O. The Labute approximate surface area is 73.9 Å². The van der Waals surface area contributed by atoms with Crippen molar-refractivity contribution in [1.82, 2.24) is 4.90 Å². The van der Waals surface area contributed by atoms with E-state index in [4.69, 9.17) is 5.73 Å². The van der Waals surface area contributed by atoms with Gasteiger partial charge in [0.1, 0.15) is 0 Å². The van der Waals surface area contributed by atoms with Gasteiger partial charge in [0.15, 0.2) is 0 Å². The van der Waals surface area contributed by atoms with Crippen molar-refractivity contribution in [1.29, 1.82) is 0 Å². The number of nitrogens with two attached hydrogens (primary N) is 1. The van der Waals surface area contributed by atoms with Crippen LogP contribution in [0.15, 0.2) is 0 Å². The molecule has 0 aromatic heterocycles. The molecular formula is C9H18N2O. The van der Waals surface area contributed by atoms with E-state index < -0.39 is 0 Å². The van der Waals surface area contributed by atoms with Crippen LogP contribution in [0.4, 0.5) is 0 Å². The lowest BCUT2D eigenvalue weighted by molar-refractivity contribution is -0.124. The zero-order valence-electron chi connectivity index (χ0n) is 7.92. The summed E-state index contributed by atoms with van der Waals surface area (Å²) in [6.07, 6.45) is 4.46. The molecule has 0 aliphatic heterocycles. The van der Waals surface area contributed by atoms with E-state index in [2.05, 4.69) is 4.90 Å². The topological polar surface area (TPSA) is 46.3 Å². The first-order valence-electron chi connectivity index (χ1n) is 4.58. The van der Waals surface area contributed by atoms with Crippen molar-refractivity contribution >= 4 is 5.91 Å². The minimum atomic E-state index is -0.131. The Morgan fingerprint density at radius 1 is 1.33 bits per heavy atom. The maximum atomic E-state index is 11.1. The summed E-state index contributed by atoms with van der Waals surface area (Å²) >= 11 is 0. The maximum absolute atomic E-state index is 11.1. The third kappa shape index (κ3) is 1.97. The van der Waals surface area contributed by atoms with E-state index in [1.54, 1.807) is 0 Å². The van der Waals surface area contributed by atoms with Gasteiger partial charge in [0, 0.05) is 6.04 Å². The van der Waals surface area contributed by atoms with E-state index >= 15 is 0 Å². The van der Waals surface area contributed by atoms with Crippen LogP contribution in [-0.4, -0.2) is 30.9 Å². The van der Waals surface area contributed by atoms with Crippen LogP contribution in [0.2, 0.25) is 0 Å². The highest BCUT2D eigenvalue weighted by Gasteiger charge is 2.30. The Morgan fingerprint density at radius 2 is 1.92 bits per heavy atom. The molecule has 1 fully saturated rings. The van der Waals surface area contributed by atoms with E-state index in [0.29, 0.717) is 6.04 Å². The second-order valence-electron chi connectivity index (χ2n) is 3.82. The predicted octanol–water partition coefficient (Wildman–Crippen LogP) is 0.592. The lowest BCUT2D eigenvalue weighted by atomic mass is 9.83. The highest BCUT2D eigenvalue weighted by molar-refractivity contribution is 5.77. The van der Waals surface area contributed by atoms with Crippen molar-refractivity contribution in [3.05, 3.63) is 0 Å². The molecule has 2 N–H and O–H groups in total. The predicted molar refractivity (Wildman–Crippen MR) is 48.6 cm³/mol.